The number of para-hydroxylation sites is 1. The van der Waals surface area contributed by atoms with Gasteiger partial charge in [-0.25, -0.2) is 4.57 Å². The average molecular weight is 360 g/mol. The monoisotopic (exact) mass is 358 g/mol. The third-order valence-electron chi connectivity index (χ3n) is 1.33. The van der Waals surface area contributed by atoms with Crippen LogP contribution in [-0.2, 0) is 9.09 Å². The number of hydrogen-bond acceptors (Lipinski definition) is 3. The molecule has 0 amide bonds. The Morgan fingerprint density at radius 2 is 1.93 bits per heavy atom. The van der Waals surface area contributed by atoms with E-state index in [0.29, 0.717) is 5.75 Å². The van der Waals surface area contributed by atoms with Gasteiger partial charge in [0.1, 0.15) is 5.75 Å². The third-order valence-corrected chi connectivity index (χ3v) is 2.77. The quantitative estimate of drug-likeness (QED) is 0.647. The Morgan fingerprint density at radius 3 is 2.47 bits per heavy atom. The Balaban J connectivity index is 2.53. The number of benzene rings is 1. The predicted molar refractivity (Wildman–Crippen MR) is 64.5 cm³/mol. The highest BCUT2D eigenvalue weighted by molar-refractivity contribution is 9.24. The topological polar surface area (TPSA) is 55.8 Å². The first-order chi connectivity index (χ1) is 6.99. The third kappa shape index (κ3) is 5.68. The predicted octanol–water partition coefficient (Wildman–Crippen LogP) is 3.30. The van der Waals surface area contributed by atoms with Gasteiger partial charge in [0.05, 0.1) is 10.3 Å². The molecule has 0 fully saturated rings. The first-order valence-electron chi connectivity index (χ1n) is 4.00. The van der Waals surface area contributed by atoms with Crippen LogP contribution >= 0.6 is 39.7 Å². The molecule has 0 aliphatic heterocycles. The molecule has 0 saturated heterocycles. The van der Waals surface area contributed by atoms with Crippen molar-refractivity contribution in [2.75, 3.05) is 6.61 Å². The maximum absolute atomic E-state index is 11.4. The lowest BCUT2D eigenvalue weighted by molar-refractivity contribution is 0.213. The van der Waals surface area contributed by atoms with E-state index in [9.17, 15) is 9.46 Å². The molecule has 0 heterocycles. The zero-order valence-electron chi connectivity index (χ0n) is 7.55. The van der Waals surface area contributed by atoms with Crippen molar-refractivity contribution in [1.29, 1.82) is 0 Å². The van der Waals surface area contributed by atoms with Gasteiger partial charge in [-0.15, -0.1) is 0 Å². The van der Waals surface area contributed by atoms with Gasteiger partial charge in [0.2, 0.25) is 0 Å². The van der Waals surface area contributed by atoms with E-state index in [-0.39, 0.29) is 10.3 Å². The van der Waals surface area contributed by atoms with Gasteiger partial charge in [-0.1, -0.05) is 50.1 Å². The molecule has 7 heteroatoms. The van der Waals surface area contributed by atoms with E-state index in [1.54, 1.807) is 30.3 Å². The van der Waals surface area contributed by atoms with Crippen LogP contribution in [0.5, 0.6) is 5.75 Å². The summed E-state index contributed by atoms with van der Waals surface area (Å²) in [6.45, 7) is 0.0284. The molecule has 1 rings (SSSR count). The van der Waals surface area contributed by atoms with E-state index in [0.717, 1.165) is 0 Å². The summed E-state index contributed by atoms with van der Waals surface area (Å²) in [4.78, 5) is 9.29. The first kappa shape index (κ1) is 13.2. The van der Waals surface area contributed by atoms with Crippen LogP contribution in [0.4, 0.5) is 0 Å². The fourth-order valence-corrected chi connectivity index (χ4v) is 2.24. The molecule has 0 aliphatic carbocycles. The van der Waals surface area contributed by atoms with Crippen LogP contribution < -0.4 is 4.52 Å². The molecule has 1 atom stereocenters. The van der Waals surface area contributed by atoms with Crippen molar-refractivity contribution < 1.29 is 18.5 Å². The van der Waals surface area contributed by atoms with E-state index >= 15 is 0 Å². The molecule has 15 heavy (non-hydrogen) atoms. The SMILES string of the molecule is O=P(O)(OCC(Br)Br)Oc1ccccc1. The highest BCUT2D eigenvalue weighted by Gasteiger charge is 2.23. The Hall–Kier alpha value is 0.130. The van der Waals surface area contributed by atoms with Crippen LogP contribution in [-0.4, -0.2) is 15.2 Å². The maximum atomic E-state index is 11.4. The van der Waals surface area contributed by atoms with Gasteiger partial charge in [0, 0.05) is 0 Å². The van der Waals surface area contributed by atoms with E-state index < -0.39 is 7.82 Å². The largest absolute Gasteiger partial charge is 0.527 e. The van der Waals surface area contributed by atoms with E-state index in [1.807, 2.05) is 0 Å². The normalized spacial score (nSPS) is 14.9. The molecular formula is C8H9Br2O4P. The number of phosphoric acid groups is 1. The number of halogens is 2. The van der Waals surface area contributed by atoms with Crippen molar-refractivity contribution in [2.45, 2.75) is 3.74 Å². The summed E-state index contributed by atoms with van der Waals surface area (Å²) in [5.74, 6) is 0.295. The minimum absolute atomic E-state index is 0.0284. The number of phosphoric ester groups is 1. The van der Waals surface area contributed by atoms with Crippen LogP contribution in [0.3, 0.4) is 0 Å². The van der Waals surface area contributed by atoms with Crippen molar-refractivity contribution in [3.8, 4) is 5.75 Å². The van der Waals surface area contributed by atoms with Crippen LogP contribution in [0.25, 0.3) is 0 Å². The molecule has 0 aliphatic rings. The van der Waals surface area contributed by atoms with Crippen molar-refractivity contribution in [2.24, 2.45) is 0 Å². The first-order valence-corrected chi connectivity index (χ1v) is 7.32. The summed E-state index contributed by atoms with van der Waals surface area (Å²) < 4.78 is 20.7. The maximum Gasteiger partial charge on any atom is 0.527 e. The molecule has 0 saturated carbocycles. The van der Waals surface area contributed by atoms with Crippen molar-refractivity contribution in [3.63, 3.8) is 0 Å². The minimum Gasteiger partial charge on any atom is -0.404 e. The summed E-state index contributed by atoms with van der Waals surface area (Å²) in [5.41, 5.74) is 0. The standard InChI is InChI=1S/C8H9Br2O4P/c9-8(10)6-13-15(11,12)14-7-4-2-1-3-5-7/h1-5,8H,6H2,(H,11,12). The van der Waals surface area contributed by atoms with Gasteiger partial charge in [0.15, 0.2) is 0 Å². The highest BCUT2D eigenvalue weighted by Crippen LogP contribution is 2.44. The Kier molecular flexibility index (Phi) is 5.29. The van der Waals surface area contributed by atoms with Gasteiger partial charge in [0.25, 0.3) is 0 Å². The van der Waals surface area contributed by atoms with Crippen LogP contribution in [0, 0.1) is 0 Å². The second kappa shape index (κ2) is 6.01. The smallest absolute Gasteiger partial charge is 0.404 e. The minimum atomic E-state index is -4.03. The van der Waals surface area contributed by atoms with Crippen LogP contribution in [0.1, 0.15) is 0 Å². The fraction of sp³-hybridized carbons (Fsp3) is 0.250. The second-order valence-corrected chi connectivity index (χ2v) is 7.38. The van der Waals surface area contributed by atoms with Crippen molar-refractivity contribution in [1.82, 2.24) is 0 Å². The number of hydrogen-bond donors (Lipinski definition) is 1. The Morgan fingerprint density at radius 1 is 1.33 bits per heavy atom. The van der Waals surface area contributed by atoms with Crippen molar-refractivity contribution >= 4 is 39.7 Å². The number of rotatable bonds is 5. The zero-order valence-corrected chi connectivity index (χ0v) is 11.6. The van der Waals surface area contributed by atoms with Crippen LogP contribution in [0.15, 0.2) is 30.3 Å². The molecule has 0 bridgehead atoms. The van der Waals surface area contributed by atoms with Crippen LogP contribution in [0.2, 0.25) is 0 Å². The number of alkyl halides is 2. The molecule has 84 valence electrons. The molecule has 1 aromatic carbocycles. The molecule has 0 aromatic heterocycles. The van der Waals surface area contributed by atoms with Gasteiger partial charge in [-0.05, 0) is 12.1 Å². The molecule has 1 unspecified atom stereocenters. The summed E-state index contributed by atoms with van der Waals surface area (Å²) in [6, 6.07) is 8.33. The molecule has 1 aromatic rings. The summed E-state index contributed by atoms with van der Waals surface area (Å²) in [5, 5.41) is 0. The van der Waals surface area contributed by atoms with Gasteiger partial charge < -0.3 is 4.52 Å². The lowest BCUT2D eigenvalue weighted by Crippen LogP contribution is -2.03. The lowest BCUT2D eigenvalue weighted by atomic mass is 10.3. The molecule has 1 N–H and O–H groups in total. The average Bonchev–Trinajstić information content (AvgIpc) is 2.16. The zero-order chi connectivity index (χ0) is 11.3. The van der Waals surface area contributed by atoms with Crippen molar-refractivity contribution in [3.05, 3.63) is 30.3 Å². The molecule has 4 nitrogen and oxygen atoms in total. The second-order valence-electron chi connectivity index (χ2n) is 2.56. The summed E-state index contributed by atoms with van der Waals surface area (Å²) in [6.07, 6.45) is 0. The fourth-order valence-electron chi connectivity index (χ4n) is 0.791. The van der Waals surface area contributed by atoms with E-state index in [2.05, 4.69) is 36.4 Å². The lowest BCUT2D eigenvalue weighted by Gasteiger charge is -2.13. The molecule has 0 radical (unpaired) electrons. The van der Waals surface area contributed by atoms with E-state index in [4.69, 9.17) is 4.52 Å². The molecular weight excluding hydrogens is 351 g/mol. The Labute approximate surface area is 104 Å². The van der Waals surface area contributed by atoms with Gasteiger partial charge in [-0.2, -0.15) is 0 Å². The summed E-state index contributed by atoms with van der Waals surface area (Å²) in [7, 11) is -4.03. The highest BCUT2D eigenvalue weighted by atomic mass is 79.9. The van der Waals surface area contributed by atoms with Gasteiger partial charge in [-0.3, -0.25) is 9.42 Å². The van der Waals surface area contributed by atoms with E-state index in [1.165, 1.54) is 0 Å². The summed E-state index contributed by atoms with van der Waals surface area (Å²) >= 11 is 6.23. The molecule has 0 spiro atoms. The Bertz CT molecular complexity index is 344. The van der Waals surface area contributed by atoms with Gasteiger partial charge >= 0.3 is 7.82 Å².